The average molecular weight is 519 g/mol. The second kappa shape index (κ2) is 10.2. The summed E-state index contributed by atoms with van der Waals surface area (Å²) in [6.07, 6.45) is -0.974. The van der Waals surface area contributed by atoms with E-state index < -0.39 is 45.2 Å². The lowest BCUT2D eigenvalue weighted by Gasteiger charge is -2.27. The van der Waals surface area contributed by atoms with Gasteiger partial charge in [0, 0.05) is 0 Å². The lowest BCUT2D eigenvalue weighted by molar-refractivity contribution is -0.120. The Labute approximate surface area is 210 Å². The van der Waals surface area contributed by atoms with Crippen molar-refractivity contribution in [1.29, 1.82) is 0 Å². The summed E-state index contributed by atoms with van der Waals surface area (Å²) in [6, 6.07) is 8.93. The van der Waals surface area contributed by atoms with Crippen LogP contribution in [0.5, 0.6) is 5.75 Å². The highest BCUT2D eigenvalue weighted by molar-refractivity contribution is 7.91. The van der Waals surface area contributed by atoms with Gasteiger partial charge in [-0.2, -0.15) is 0 Å². The highest BCUT2D eigenvalue weighted by Crippen LogP contribution is 2.33. The molecule has 2 N–H and O–H groups in total. The van der Waals surface area contributed by atoms with Crippen molar-refractivity contribution in [3.05, 3.63) is 53.6 Å². The summed E-state index contributed by atoms with van der Waals surface area (Å²) in [4.78, 5) is 38.6. The molecule has 0 unspecified atom stereocenters. The van der Waals surface area contributed by atoms with Crippen LogP contribution in [-0.4, -0.2) is 55.0 Å². The Kier molecular flexibility index (Phi) is 7.63. The third-order valence-electron chi connectivity index (χ3n) is 5.11. The van der Waals surface area contributed by atoms with E-state index in [1.54, 1.807) is 45.0 Å². The van der Waals surface area contributed by atoms with Crippen molar-refractivity contribution in [2.45, 2.75) is 63.8 Å². The van der Waals surface area contributed by atoms with Crippen LogP contribution in [0.1, 0.15) is 50.5 Å². The molecule has 36 heavy (non-hydrogen) atoms. The van der Waals surface area contributed by atoms with Crippen molar-refractivity contribution < 1.29 is 37.4 Å². The van der Waals surface area contributed by atoms with Crippen molar-refractivity contribution in [1.82, 2.24) is 5.32 Å². The maximum atomic E-state index is 13.6. The summed E-state index contributed by atoms with van der Waals surface area (Å²) >= 11 is 0. The number of amides is 2. The molecule has 0 saturated heterocycles. The maximum Gasteiger partial charge on any atom is 0.408 e. The number of hydrogen-bond donors (Lipinski definition) is 2. The number of anilines is 1. The zero-order valence-electron chi connectivity index (χ0n) is 20.8. The quantitative estimate of drug-likeness (QED) is 0.593. The maximum absolute atomic E-state index is 13.6. The van der Waals surface area contributed by atoms with Crippen LogP contribution >= 0.6 is 0 Å². The lowest BCUT2D eigenvalue weighted by Crippen LogP contribution is -2.51. The van der Waals surface area contributed by atoms with Crippen molar-refractivity contribution in [3.63, 3.8) is 0 Å². The number of aromatic carboxylic acids is 1. The molecule has 2 amide bonds. The SMILES string of the molecule is CC(C)Oc1ccc(CN2C(=O)[C@@H](NC(=O)OC(C)(C)C)CS(=O)(=O)c3ccc(C(=O)O)cc32)cc1. The van der Waals surface area contributed by atoms with Crippen LogP contribution in [0.15, 0.2) is 47.4 Å². The zero-order valence-corrected chi connectivity index (χ0v) is 21.6. The zero-order chi connectivity index (χ0) is 26.8. The van der Waals surface area contributed by atoms with E-state index in [1.807, 2.05) is 13.8 Å². The smallest absolute Gasteiger partial charge is 0.408 e. The monoisotopic (exact) mass is 518 g/mol. The van der Waals surface area contributed by atoms with Crippen molar-refractivity contribution in [3.8, 4) is 5.75 Å². The Bertz CT molecular complexity index is 1260. The molecule has 2 aromatic rings. The number of carboxylic acids is 1. The van der Waals surface area contributed by atoms with Gasteiger partial charge in [0.25, 0.3) is 5.91 Å². The number of sulfone groups is 1. The molecule has 0 aliphatic carbocycles. The number of hydrogen-bond acceptors (Lipinski definition) is 7. The van der Waals surface area contributed by atoms with Crippen LogP contribution in [-0.2, 0) is 25.9 Å². The minimum Gasteiger partial charge on any atom is -0.491 e. The van der Waals surface area contributed by atoms with Crippen LogP contribution < -0.4 is 15.0 Å². The molecule has 1 aliphatic heterocycles. The average Bonchev–Trinajstić information content (AvgIpc) is 2.81. The second-order valence-corrected chi connectivity index (χ2v) is 11.7. The predicted molar refractivity (Wildman–Crippen MR) is 132 cm³/mol. The molecule has 3 rings (SSSR count). The summed E-state index contributed by atoms with van der Waals surface area (Å²) in [5.41, 5.74) is -0.478. The molecule has 11 heteroatoms. The van der Waals surface area contributed by atoms with E-state index in [2.05, 4.69) is 5.32 Å². The first-order valence-corrected chi connectivity index (χ1v) is 13.0. The standard InChI is InChI=1S/C25H30N2O8S/c1-15(2)34-18-9-6-16(7-10-18)13-27-20-12-17(23(29)30)8-11-21(20)36(32,33)14-19(22(27)28)26-24(31)35-25(3,4)5/h6-12,15,19H,13-14H2,1-5H3,(H,26,31)(H,29,30)/t19-/m0/s1. The number of alkyl carbamates (subject to hydrolysis) is 1. The first-order valence-electron chi connectivity index (χ1n) is 11.3. The third-order valence-corrected chi connectivity index (χ3v) is 6.90. The molecule has 0 spiro atoms. The van der Waals surface area contributed by atoms with Crippen LogP contribution in [0.4, 0.5) is 10.5 Å². The van der Waals surface area contributed by atoms with E-state index >= 15 is 0 Å². The molecule has 1 aliphatic rings. The van der Waals surface area contributed by atoms with Crippen LogP contribution in [0, 0.1) is 0 Å². The van der Waals surface area contributed by atoms with Gasteiger partial charge < -0.3 is 24.8 Å². The van der Waals surface area contributed by atoms with Gasteiger partial charge in [0.15, 0.2) is 9.84 Å². The minimum absolute atomic E-state index is 0.0331. The van der Waals surface area contributed by atoms with Crippen LogP contribution in [0.2, 0.25) is 0 Å². The summed E-state index contributed by atoms with van der Waals surface area (Å²) in [5, 5.41) is 11.8. The molecule has 0 radical (unpaired) electrons. The molecule has 194 valence electrons. The van der Waals surface area contributed by atoms with Crippen LogP contribution in [0.25, 0.3) is 0 Å². The second-order valence-electron chi connectivity index (χ2n) is 9.70. The largest absolute Gasteiger partial charge is 0.491 e. The molecule has 1 heterocycles. The fraction of sp³-hybridized carbons (Fsp3) is 0.400. The summed E-state index contributed by atoms with van der Waals surface area (Å²) in [5.74, 6) is -2.07. The normalized spacial score (nSPS) is 17.2. The van der Waals surface area contributed by atoms with Gasteiger partial charge in [-0.1, -0.05) is 12.1 Å². The first kappa shape index (κ1) is 27.0. The molecular weight excluding hydrogens is 488 g/mol. The molecule has 0 bridgehead atoms. The summed E-state index contributed by atoms with van der Waals surface area (Å²) in [6.45, 7) is 8.62. The molecule has 0 saturated carbocycles. The molecule has 0 aromatic heterocycles. The van der Waals surface area contributed by atoms with Gasteiger partial charge in [-0.05, 0) is 70.5 Å². The Morgan fingerprint density at radius 2 is 1.78 bits per heavy atom. The van der Waals surface area contributed by atoms with E-state index in [0.29, 0.717) is 11.3 Å². The molecule has 2 aromatic carbocycles. The Morgan fingerprint density at radius 3 is 2.33 bits per heavy atom. The minimum atomic E-state index is -4.08. The first-order chi connectivity index (χ1) is 16.7. The van der Waals surface area contributed by atoms with E-state index in [4.69, 9.17) is 9.47 Å². The van der Waals surface area contributed by atoms with Crippen LogP contribution in [0.3, 0.4) is 0 Å². The van der Waals surface area contributed by atoms with Crippen molar-refractivity contribution in [2.24, 2.45) is 0 Å². The molecule has 1 atom stereocenters. The highest BCUT2D eigenvalue weighted by atomic mass is 32.2. The van der Waals surface area contributed by atoms with Crippen molar-refractivity contribution in [2.75, 3.05) is 10.7 Å². The Morgan fingerprint density at radius 1 is 1.14 bits per heavy atom. The Hall–Kier alpha value is -3.60. The summed E-state index contributed by atoms with van der Waals surface area (Å²) in [7, 11) is -4.08. The van der Waals surface area contributed by atoms with Gasteiger partial charge >= 0.3 is 12.1 Å². The number of carbonyl (C=O) groups is 3. The van der Waals surface area contributed by atoms with E-state index in [1.165, 1.54) is 17.0 Å². The van der Waals surface area contributed by atoms with E-state index in [9.17, 15) is 27.9 Å². The number of carbonyl (C=O) groups excluding carboxylic acids is 2. The number of rotatable bonds is 6. The van der Waals surface area contributed by atoms with Gasteiger partial charge in [-0.3, -0.25) is 4.79 Å². The predicted octanol–water partition coefficient (Wildman–Crippen LogP) is 3.39. The van der Waals surface area contributed by atoms with Crippen molar-refractivity contribution >= 4 is 33.5 Å². The molecule has 10 nitrogen and oxygen atoms in total. The molecule has 0 fully saturated rings. The Balaban J connectivity index is 2.05. The number of carboxylic acid groups (broad SMARTS) is 1. The molecular formula is C25H30N2O8S. The van der Waals surface area contributed by atoms with Gasteiger partial charge in [0.1, 0.15) is 17.4 Å². The third kappa shape index (κ3) is 6.54. The van der Waals surface area contributed by atoms with Gasteiger partial charge in [-0.25, -0.2) is 18.0 Å². The lowest BCUT2D eigenvalue weighted by atomic mass is 10.1. The fourth-order valence-corrected chi connectivity index (χ4v) is 5.26. The number of benzene rings is 2. The summed E-state index contributed by atoms with van der Waals surface area (Å²) < 4.78 is 37.3. The number of nitrogens with one attached hydrogen (secondary N) is 1. The number of fused-ring (bicyclic) bond motifs is 1. The number of nitrogens with zero attached hydrogens (tertiary/aromatic N) is 1. The highest BCUT2D eigenvalue weighted by Gasteiger charge is 2.39. The van der Waals surface area contributed by atoms with Gasteiger partial charge in [-0.15, -0.1) is 0 Å². The van der Waals surface area contributed by atoms with E-state index in [0.717, 1.165) is 6.07 Å². The van der Waals surface area contributed by atoms with Gasteiger partial charge in [0.2, 0.25) is 0 Å². The fourth-order valence-electron chi connectivity index (χ4n) is 3.66. The number of ether oxygens (including phenoxy) is 2. The van der Waals surface area contributed by atoms with E-state index in [-0.39, 0.29) is 28.8 Å². The topological polar surface area (TPSA) is 139 Å². The van der Waals surface area contributed by atoms with Gasteiger partial charge in [0.05, 0.1) is 34.5 Å².